The van der Waals surface area contributed by atoms with Crippen molar-refractivity contribution in [2.24, 2.45) is 0 Å². The second kappa shape index (κ2) is 7.18. The molecule has 0 bridgehead atoms. The Morgan fingerprint density at radius 3 is 1.56 bits per heavy atom. The van der Waals surface area contributed by atoms with Crippen molar-refractivity contribution in [2.45, 2.75) is 9.79 Å². The monoisotopic (exact) mass is 475 g/mol. The first kappa shape index (κ1) is 21.2. The molecule has 3 aromatic carbocycles. The van der Waals surface area contributed by atoms with Crippen LogP contribution in [0.25, 0.3) is 0 Å². The highest BCUT2D eigenvalue weighted by Gasteiger charge is 2.48. The molecule has 0 N–H and O–H groups in total. The molecule has 2 heterocycles. The number of hydrogen-bond donors (Lipinski definition) is 0. The number of carboxylic acid groups (broad SMARTS) is 1. The zero-order valence-corrected chi connectivity index (χ0v) is 17.7. The summed E-state index contributed by atoms with van der Waals surface area (Å²) in [6.07, 6.45) is 0. The van der Waals surface area contributed by atoms with E-state index in [1.54, 1.807) is 0 Å². The zero-order chi connectivity index (χ0) is 24.4. The Bertz CT molecular complexity index is 1540. The Labute approximate surface area is 191 Å². The van der Waals surface area contributed by atoms with Crippen molar-refractivity contribution < 1.29 is 37.5 Å². The maximum atomic E-state index is 13.1. The van der Waals surface area contributed by atoms with E-state index in [-0.39, 0.29) is 37.6 Å². The largest absolute Gasteiger partial charge is 0.545 e. The summed E-state index contributed by atoms with van der Waals surface area (Å²) in [6.45, 7) is 0. The summed E-state index contributed by atoms with van der Waals surface area (Å²) < 4.78 is 26.0. The molecule has 0 aromatic heterocycles. The van der Waals surface area contributed by atoms with E-state index < -0.39 is 39.4 Å². The molecular weight excluding hydrogens is 464 g/mol. The van der Waals surface area contributed by atoms with Crippen LogP contribution in [0.2, 0.25) is 0 Å². The fourth-order valence-corrected chi connectivity index (χ4v) is 5.11. The van der Waals surface area contributed by atoms with Crippen LogP contribution in [0.1, 0.15) is 51.8 Å². The van der Waals surface area contributed by atoms with E-state index in [1.807, 2.05) is 0 Å². The highest BCUT2D eigenvalue weighted by molar-refractivity contribution is 7.91. The first-order valence-corrected chi connectivity index (χ1v) is 11.2. The molecule has 0 saturated heterocycles. The van der Waals surface area contributed by atoms with Crippen LogP contribution in [0.4, 0.5) is 0 Å². The minimum absolute atomic E-state index is 0.0346. The molecule has 34 heavy (non-hydrogen) atoms. The number of aromatic carboxylic acids is 1. The van der Waals surface area contributed by atoms with Crippen molar-refractivity contribution >= 4 is 39.4 Å². The fraction of sp³-hybridized carbons (Fsp3) is 0. The van der Waals surface area contributed by atoms with E-state index in [9.17, 15) is 37.5 Å². The Balaban J connectivity index is 1.52. The third-order valence-electron chi connectivity index (χ3n) is 5.52. The summed E-state index contributed by atoms with van der Waals surface area (Å²) in [7, 11) is -4.19. The number of nitrogens with zero attached hydrogens (tertiary/aromatic N) is 2. The summed E-state index contributed by atoms with van der Waals surface area (Å²) in [6, 6.07) is 13.3. The van der Waals surface area contributed by atoms with E-state index >= 15 is 0 Å². The number of rotatable bonds is 4. The van der Waals surface area contributed by atoms with E-state index in [0.717, 1.165) is 42.5 Å². The topological polar surface area (TPSA) is 149 Å². The molecule has 5 rings (SSSR count). The fourth-order valence-electron chi connectivity index (χ4n) is 3.82. The first-order chi connectivity index (χ1) is 16.1. The Hall–Kier alpha value is -4.64. The SMILES string of the molecule is O=C([O-])c1ccc(S(=O)(=O)c2ccc3c(c2)C(=O)N(N2C(=O)c4ccccc4C2=O)C3=O)cc1. The molecule has 0 atom stereocenters. The summed E-state index contributed by atoms with van der Waals surface area (Å²) >= 11 is 0. The minimum atomic E-state index is -4.19. The molecule has 0 unspecified atom stereocenters. The van der Waals surface area contributed by atoms with Gasteiger partial charge in [-0.15, -0.1) is 0 Å². The van der Waals surface area contributed by atoms with Gasteiger partial charge in [0.25, 0.3) is 23.6 Å². The molecule has 0 radical (unpaired) electrons. The number of carbonyl (C=O) groups is 5. The third-order valence-corrected chi connectivity index (χ3v) is 7.29. The van der Waals surface area contributed by atoms with Crippen molar-refractivity contribution in [1.82, 2.24) is 10.0 Å². The van der Waals surface area contributed by atoms with Gasteiger partial charge in [0.1, 0.15) is 0 Å². The summed E-state index contributed by atoms with van der Waals surface area (Å²) in [5, 5.41) is 11.7. The molecule has 168 valence electrons. The number of carbonyl (C=O) groups excluding carboxylic acids is 5. The molecule has 0 fully saturated rings. The number of benzene rings is 3. The second-order valence-electron chi connectivity index (χ2n) is 7.41. The first-order valence-electron chi connectivity index (χ1n) is 9.70. The standard InChI is InChI=1S/C23H12N2O8S/c26-19-15-3-1-2-4-16(15)20(27)24(19)25-21(28)17-10-9-14(11-18(17)22(25)29)34(32,33)13-7-5-12(6-8-13)23(30)31/h1-11H,(H,30,31)/p-1. The van der Waals surface area contributed by atoms with Gasteiger partial charge in [0.05, 0.1) is 38.0 Å². The van der Waals surface area contributed by atoms with Crippen LogP contribution in [0, 0.1) is 0 Å². The predicted octanol–water partition coefficient (Wildman–Crippen LogP) is 0.690. The van der Waals surface area contributed by atoms with E-state index in [0.29, 0.717) is 10.0 Å². The number of amides is 4. The highest BCUT2D eigenvalue weighted by atomic mass is 32.2. The Morgan fingerprint density at radius 1 is 0.618 bits per heavy atom. The molecule has 3 aromatic rings. The van der Waals surface area contributed by atoms with Gasteiger partial charge in [0.15, 0.2) is 0 Å². The van der Waals surface area contributed by atoms with Crippen LogP contribution in [-0.4, -0.2) is 48.0 Å². The highest BCUT2D eigenvalue weighted by Crippen LogP contribution is 2.33. The Kier molecular flexibility index (Phi) is 4.48. The van der Waals surface area contributed by atoms with Crippen LogP contribution < -0.4 is 5.11 Å². The minimum Gasteiger partial charge on any atom is -0.545 e. The smallest absolute Gasteiger partial charge is 0.281 e. The lowest BCUT2D eigenvalue weighted by molar-refractivity contribution is -0.255. The maximum Gasteiger partial charge on any atom is 0.281 e. The van der Waals surface area contributed by atoms with Gasteiger partial charge in [-0.25, -0.2) is 8.42 Å². The molecule has 0 spiro atoms. The lowest BCUT2D eigenvalue weighted by Gasteiger charge is -2.23. The van der Waals surface area contributed by atoms with Crippen molar-refractivity contribution in [3.63, 3.8) is 0 Å². The lowest BCUT2D eigenvalue weighted by atomic mass is 10.1. The molecule has 0 saturated carbocycles. The van der Waals surface area contributed by atoms with Gasteiger partial charge in [-0.05, 0) is 48.0 Å². The van der Waals surface area contributed by atoms with Gasteiger partial charge in [0, 0.05) is 0 Å². The zero-order valence-electron chi connectivity index (χ0n) is 16.9. The van der Waals surface area contributed by atoms with Crippen molar-refractivity contribution in [3.05, 3.63) is 94.5 Å². The number of sulfone groups is 1. The Morgan fingerprint density at radius 2 is 1.06 bits per heavy atom. The molecule has 4 amide bonds. The number of hydrogen-bond acceptors (Lipinski definition) is 8. The average molecular weight is 475 g/mol. The number of imide groups is 2. The van der Waals surface area contributed by atoms with E-state index in [4.69, 9.17) is 0 Å². The normalized spacial score (nSPS) is 15.1. The van der Waals surface area contributed by atoms with Crippen LogP contribution in [-0.2, 0) is 9.84 Å². The second-order valence-corrected chi connectivity index (χ2v) is 9.36. The van der Waals surface area contributed by atoms with Gasteiger partial charge in [-0.1, -0.05) is 24.3 Å². The van der Waals surface area contributed by atoms with Crippen LogP contribution in [0.15, 0.2) is 76.5 Å². The third kappa shape index (κ3) is 2.87. The quantitative estimate of drug-likeness (QED) is 0.501. The summed E-state index contributed by atoms with van der Waals surface area (Å²) in [5.74, 6) is -5.15. The number of hydrazine groups is 1. The van der Waals surface area contributed by atoms with Crippen molar-refractivity contribution in [3.8, 4) is 0 Å². The number of fused-ring (bicyclic) bond motifs is 2. The maximum absolute atomic E-state index is 13.1. The van der Waals surface area contributed by atoms with Gasteiger partial charge >= 0.3 is 0 Å². The molecule has 11 heteroatoms. The molecule has 10 nitrogen and oxygen atoms in total. The van der Waals surface area contributed by atoms with Crippen molar-refractivity contribution in [2.75, 3.05) is 0 Å². The lowest BCUT2D eigenvalue weighted by Crippen LogP contribution is -2.49. The number of carboxylic acids is 1. The predicted molar refractivity (Wildman–Crippen MR) is 110 cm³/mol. The molecule has 2 aliphatic heterocycles. The van der Waals surface area contributed by atoms with E-state index in [1.165, 1.54) is 24.3 Å². The summed E-state index contributed by atoms with van der Waals surface area (Å²) in [4.78, 5) is 61.8. The average Bonchev–Trinajstić information content (AvgIpc) is 3.23. The van der Waals surface area contributed by atoms with Crippen molar-refractivity contribution in [1.29, 1.82) is 0 Å². The molecular formula is C23H11N2O8S-. The van der Waals surface area contributed by atoms with Crippen LogP contribution in [0.3, 0.4) is 0 Å². The summed E-state index contributed by atoms with van der Waals surface area (Å²) in [5.41, 5.74) is -0.619. The van der Waals surface area contributed by atoms with Crippen LogP contribution in [0.5, 0.6) is 0 Å². The van der Waals surface area contributed by atoms with Gasteiger partial charge < -0.3 is 9.90 Å². The molecule has 0 aliphatic carbocycles. The van der Waals surface area contributed by atoms with Gasteiger partial charge in [-0.3, -0.25) is 19.2 Å². The van der Waals surface area contributed by atoms with Gasteiger partial charge in [-0.2, -0.15) is 10.0 Å². The van der Waals surface area contributed by atoms with Crippen LogP contribution >= 0.6 is 0 Å². The van der Waals surface area contributed by atoms with Gasteiger partial charge in [0.2, 0.25) is 9.84 Å². The van der Waals surface area contributed by atoms with E-state index in [2.05, 4.69) is 0 Å². The molecule has 2 aliphatic rings.